The molecule has 3 nitrogen and oxygen atoms in total. The highest BCUT2D eigenvalue weighted by molar-refractivity contribution is 5.14. The van der Waals surface area contributed by atoms with Gasteiger partial charge >= 0.3 is 0 Å². The molecule has 0 unspecified atom stereocenters. The third-order valence-corrected chi connectivity index (χ3v) is 3.50. The molecule has 0 radical (unpaired) electrons. The summed E-state index contributed by atoms with van der Waals surface area (Å²) < 4.78 is 5.65. The fourth-order valence-electron chi connectivity index (χ4n) is 2.28. The molecular weight excluding hydrogens is 272 g/mol. The summed E-state index contributed by atoms with van der Waals surface area (Å²) in [5, 5.41) is 3.42. The quantitative estimate of drug-likeness (QED) is 0.683. The van der Waals surface area contributed by atoms with Crippen molar-refractivity contribution in [2.75, 3.05) is 33.3 Å². The van der Waals surface area contributed by atoms with E-state index in [4.69, 9.17) is 4.74 Å². The molecule has 0 aromatic heterocycles. The van der Waals surface area contributed by atoms with E-state index >= 15 is 0 Å². The van der Waals surface area contributed by atoms with Crippen molar-refractivity contribution in [2.45, 2.75) is 13.2 Å². The zero-order valence-corrected chi connectivity index (χ0v) is 13.4. The molecule has 0 aliphatic heterocycles. The molecule has 3 heteroatoms. The normalized spacial score (nSPS) is 11.0. The number of nitrogens with one attached hydrogen (secondary N) is 1. The molecule has 0 saturated heterocycles. The monoisotopic (exact) mass is 298 g/mol. The summed E-state index contributed by atoms with van der Waals surface area (Å²) in [6, 6.07) is 20.9. The lowest BCUT2D eigenvalue weighted by Gasteiger charge is -2.17. The van der Waals surface area contributed by atoms with Crippen LogP contribution in [0.4, 0.5) is 0 Å². The van der Waals surface area contributed by atoms with Crippen LogP contribution < -0.4 is 5.32 Å². The van der Waals surface area contributed by atoms with E-state index in [1.807, 2.05) is 18.2 Å². The van der Waals surface area contributed by atoms with E-state index in [1.54, 1.807) is 0 Å². The van der Waals surface area contributed by atoms with Crippen LogP contribution in [0.5, 0.6) is 0 Å². The average molecular weight is 298 g/mol. The van der Waals surface area contributed by atoms with Crippen LogP contribution in [0.2, 0.25) is 0 Å². The first kappa shape index (κ1) is 16.7. The fourth-order valence-corrected chi connectivity index (χ4v) is 2.28. The van der Waals surface area contributed by atoms with Gasteiger partial charge in [-0.15, -0.1) is 0 Å². The molecule has 1 N–H and O–H groups in total. The molecule has 0 amide bonds. The minimum absolute atomic E-state index is 0.691. The van der Waals surface area contributed by atoms with Gasteiger partial charge in [0.15, 0.2) is 0 Å². The third kappa shape index (κ3) is 6.85. The van der Waals surface area contributed by atoms with Crippen molar-refractivity contribution < 1.29 is 4.74 Å². The van der Waals surface area contributed by atoms with E-state index in [1.165, 1.54) is 11.1 Å². The Morgan fingerprint density at radius 3 is 2.18 bits per heavy atom. The van der Waals surface area contributed by atoms with Gasteiger partial charge in [-0.3, -0.25) is 0 Å². The molecule has 0 heterocycles. The molecule has 0 bridgehead atoms. The number of rotatable bonds is 10. The lowest BCUT2D eigenvalue weighted by Crippen LogP contribution is -2.30. The Balaban J connectivity index is 1.47. The molecule has 2 rings (SSSR count). The van der Waals surface area contributed by atoms with E-state index < -0.39 is 0 Å². The van der Waals surface area contributed by atoms with Crippen LogP contribution in [0.1, 0.15) is 11.1 Å². The summed E-state index contributed by atoms with van der Waals surface area (Å²) >= 11 is 0. The molecule has 0 aliphatic rings. The van der Waals surface area contributed by atoms with Crippen LogP contribution in [0.25, 0.3) is 0 Å². The van der Waals surface area contributed by atoms with Crippen LogP contribution >= 0.6 is 0 Å². The number of hydrogen-bond donors (Lipinski definition) is 1. The van der Waals surface area contributed by atoms with Crippen LogP contribution in [0.15, 0.2) is 60.7 Å². The molecule has 0 saturated carbocycles. The largest absolute Gasteiger partial charge is 0.375 e. The number of nitrogens with zero attached hydrogens (tertiary/aromatic N) is 1. The smallest absolute Gasteiger partial charge is 0.0717 e. The van der Waals surface area contributed by atoms with E-state index in [9.17, 15) is 0 Å². The molecular formula is C19H26N2O. The van der Waals surface area contributed by atoms with Crippen molar-refractivity contribution >= 4 is 0 Å². The van der Waals surface area contributed by atoms with Crippen molar-refractivity contribution in [3.63, 3.8) is 0 Å². The highest BCUT2D eigenvalue weighted by atomic mass is 16.5. The Bertz CT molecular complexity index is 501. The zero-order chi connectivity index (χ0) is 15.5. The van der Waals surface area contributed by atoms with Gasteiger partial charge in [0.1, 0.15) is 0 Å². The Hall–Kier alpha value is -1.68. The predicted molar refractivity (Wildman–Crippen MR) is 91.7 cm³/mol. The Morgan fingerprint density at radius 1 is 0.864 bits per heavy atom. The SMILES string of the molecule is CN(CCNCCOCc1ccccc1)Cc1ccccc1. The third-order valence-electron chi connectivity index (χ3n) is 3.50. The first-order valence-corrected chi connectivity index (χ1v) is 7.89. The van der Waals surface area contributed by atoms with Crippen molar-refractivity contribution in [1.29, 1.82) is 0 Å². The summed E-state index contributed by atoms with van der Waals surface area (Å²) in [7, 11) is 2.15. The molecule has 0 aliphatic carbocycles. The number of ether oxygens (including phenoxy) is 1. The lowest BCUT2D eigenvalue weighted by molar-refractivity contribution is 0.122. The van der Waals surface area contributed by atoms with E-state index in [-0.39, 0.29) is 0 Å². The first-order valence-electron chi connectivity index (χ1n) is 7.89. The highest BCUT2D eigenvalue weighted by Crippen LogP contribution is 2.02. The molecule has 2 aromatic rings. The van der Waals surface area contributed by atoms with Gasteiger partial charge in [0, 0.05) is 26.2 Å². The maximum absolute atomic E-state index is 5.65. The van der Waals surface area contributed by atoms with Crippen LogP contribution in [-0.2, 0) is 17.9 Å². The van der Waals surface area contributed by atoms with Crippen molar-refractivity contribution in [1.82, 2.24) is 10.2 Å². The van der Waals surface area contributed by atoms with Crippen LogP contribution in [0, 0.1) is 0 Å². The molecule has 118 valence electrons. The van der Waals surface area contributed by atoms with Crippen molar-refractivity contribution in [2.24, 2.45) is 0 Å². The fraction of sp³-hybridized carbons (Fsp3) is 0.368. The molecule has 2 aromatic carbocycles. The molecule has 0 spiro atoms. The van der Waals surface area contributed by atoms with Crippen molar-refractivity contribution in [3.05, 3.63) is 71.8 Å². The van der Waals surface area contributed by atoms with Gasteiger partial charge < -0.3 is 15.0 Å². The number of hydrogen-bond acceptors (Lipinski definition) is 3. The van der Waals surface area contributed by atoms with E-state index in [0.29, 0.717) is 6.61 Å². The standard InChI is InChI=1S/C19H26N2O/c1-21(16-18-8-4-2-5-9-18)14-12-20-13-15-22-17-19-10-6-3-7-11-19/h2-11,20H,12-17H2,1H3. The van der Waals surface area contributed by atoms with Gasteiger partial charge in [0.2, 0.25) is 0 Å². The second kappa shape index (κ2) is 10.1. The summed E-state index contributed by atoms with van der Waals surface area (Å²) in [6.45, 7) is 5.35. The van der Waals surface area contributed by atoms with E-state index in [0.717, 1.165) is 32.8 Å². The van der Waals surface area contributed by atoms with Crippen LogP contribution in [0.3, 0.4) is 0 Å². The molecule has 0 atom stereocenters. The Kier molecular flexibility index (Phi) is 7.67. The summed E-state index contributed by atoms with van der Waals surface area (Å²) in [6.07, 6.45) is 0. The molecule has 0 fully saturated rings. The summed E-state index contributed by atoms with van der Waals surface area (Å²) in [5.74, 6) is 0. The maximum atomic E-state index is 5.65. The van der Waals surface area contributed by atoms with Gasteiger partial charge in [-0.05, 0) is 18.2 Å². The van der Waals surface area contributed by atoms with Gasteiger partial charge in [-0.2, -0.15) is 0 Å². The Morgan fingerprint density at radius 2 is 1.50 bits per heavy atom. The highest BCUT2D eigenvalue weighted by Gasteiger charge is 1.99. The number of likely N-dealkylation sites (N-methyl/N-ethyl adjacent to an activating group) is 1. The van der Waals surface area contributed by atoms with Gasteiger partial charge in [-0.1, -0.05) is 60.7 Å². The summed E-state index contributed by atoms with van der Waals surface area (Å²) in [5.41, 5.74) is 2.58. The predicted octanol–water partition coefficient (Wildman–Crippen LogP) is 2.92. The Labute approximate surface area is 133 Å². The lowest BCUT2D eigenvalue weighted by atomic mass is 10.2. The average Bonchev–Trinajstić information content (AvgIpc) is 2.56. The number of benzene rings is 2. The first-order chi connectivity index (χ1) is 10.8. The van der Waals surface area contributed by atoms with Crippen LogP contribution in [-0.4, -0.2) is 38.2 Å². The van der Waals surface area contributed by atoms with Crippen molar-refractivity contribution in [3.8, 4) is 0 Å². The molecule has 22 heavy (non-hydrogen) atoms. The van der Waals surface area contributed by atoms with Gasteiger partial charge in [-0.25, -0.2) is 0 Å². The summed E-state index contributed by atoms with van der Waals surface area (Å²) in [4.78, 5) is 2.33. The van der Waals surface area contributed by atoms with Gasteiger partial charge in [0.25, 0.3) is 0 Å². The topological polar surface area (TPSA) is 24.5 Å². The minimum Gasteiger partial charge on any atom is -0.375 e. The second-order valence-corrected chi connectivity index (χ2v) is 5.51. The van der Waals surface area contributed by atoms with Gasteiger partial charge in [0.05, 0.1) is 13.2 Å². The second-order valence-electron chi connectivity index (χ2n) is 5.51. The zero-order valence-electron chi connectivity index (χ0n) is 13.4. The van der Waals surface area contributed by atoms with E-state index in [2.05, 4.69) is 59.7 Å². The maximum Gasteiger partial charge on any atom is 0.0717 e. The minimum atomic E-state index is 0.691.